The van der Waals surface area contributed by atoms with Crippen LogP contribution in [0.25, 0.3) is 0 Å². The van der Waals surface area contributed by atoms with E-state index in [2.05, 4.69) is 46.6 Å². The molecule has 3 aromatic rings. The van der Waals surface area contributed by atoms with Gasteiger partial charge >= 0.3 is 12.9 Å². The summed E-state index contributed by atoms with van der Waals surface area (Å²) >= 11 is 6.20. The Hall–Kier alpha value is -3.01. The summed E-state index contributed by atoms with van der Waals surface area (Å²) in [5.74, 6) is 0. The first kappa shape index (κ1) is 30.4. The summed E-state index contributed by atoms with van der Waals surface area (Å²) in [5, 5.41) is 13.0. The molecule has 2 amide bonds. The fourth-order valence-corrected chi connectivity index (χ4v) is 6.35. The standard InChI is InChI=1S/C31H36ClN4O5P/c1-23-19-35(30(38)33-29(23)37)28-22-40-27(21-41-42(32,39)34(2)3)20-36(28)31(24-13-7-4-8-14-24,25-15-9-5-10-16-25)26-17-11-6-12-18-26/h4-19,27-29,37H,20-22H2,1-3H3,(H,33,38)/t27?,28?,29-,42?/m1/s1. The van der Waals surface area contributed by atoms with E-state index in [1.54, 1.807) is 32.1 Å². The first-order valence-electron chi connectivity index (χ1n) is 13.8. The molecule has 2 aliphatic heterocycles. The summed E-state index contributed by atoms with van der Waals surface area (Å²) in [6, 6.07) is 30.0. The van der Waals surface area contributed by atoms with Crippen molar-refractivity contribution in [3.63, 3.8) is 0 Å². The number of rotatable bonds is 9. The van der Waals surface area contributed by atoms with Gasteiger partial charge in [0, 0.05) is 12.7 Å². The number of carbonyl (C=O) groups excluding carboxylic acids is 1. The molecule has 2 heterocycles. The summed E-state index contributed by atoms with van der Waals surface area (Å²) in [6.07, 6.45) is -0.515. The zero-order chi connectivity index (χ0) is 29.9. The van der Waals surface area contributed by atoms with Crippen LogP contribution in [0.4, 0.5) is 4.79 Å². The van der Waals surface area contributed by atoms with Crippen LogP contribution < -0.4 is 5.32 Å². The van der Waals surface area contributed by atoms with E-state index in [4.69, 9.17) is 20.5 Å². The van der Waals surface area contributed by atoms with Crippen LogP contribution in [0.15, 0.2) is 103 Å². The molecule has 0 saturated carbocycles. The normalized spacial score (nSPS) is 23.3. The fraction of sp³-hybridized carbons (Fsp3) is 0.323. The van der Waals surface area contributed by atoms with E-state index in [1.165, 1.54) is 4.67 Å². The van der Waals surface area contributed by atoms with Gasteiger partial charge in [-0.15, -0.1) is 0 Å². The second-order valence-corrected chi connectivity index (χ2v) is 13.9. The Labute approximate surface area is 251 Å². The molecule has 3 aromatic carbocycles. The first-order chi connectivity index (χ1) is 20.1. The average Bonchev–Trinajstić information content (AvgIpc) is 3.00. The molecule has 11 heteroatoms. The molecule has 0 aliphatic carbocycles. The smallest absolute Gasteiger partial charge is 0.362 e. The molecule has 1 saturated heterocycles. The van der Waals surface area contributed by atoms with Gasteiger partial charge in [-0.2, -0.15) is 0 Å². The lowest BCUT2D eigenvalue weighted by atomic mass is 9.74. The van der Waals surface area contributed by atoms with Crippen LogP contribution in [0.5, 0.6) is 0 Å². The van der Waals surface area contributed by atoms with Crippen LogP contribution in [-0.2, 0) is 19.4 Å². The Kier molecular flexibility index (Phi) is 9.20. The summed E-state index contributed by atoms with van der Waals surface area (Å²) in [5.41, 5.74) is 2.68. The quantitative estimate of drug-likeness (QED) is 0.255. The number of hydrogen-bond acceptors (Lipinski definition) is 6. The maximum Gasteiger partial charge on any atom is 0.362 e. The third kappa shape index (κ3) is 5.92. The lowest BCUT2D eigenvalue weighted by Crippen LogP contribution is -2.67. The number of nitrogens with one attached hydrogen (secondary N) is 1. The molecular weight excluding hydrogens is 575 g/mol. The van der Waals surface area contributed by atoms with Crippen molar-refractivity contribution in [1.82, 2.24) is 19.8 Å². The lowest BCUT2D eigenvalue weighted by molar-refractivity contribution is -0.131. The van der Waals surface area contributed by atoms with Gasteiger partial charge in [0.1, 0.15) is 6.17 Å². The minimum absolute atomic E-state index is 0.0175. The largest absolute Gasteiger partial charge is 0.371 e. The maximum absolute atomic E-state index is 13.4. The number of hydrogen-bond donors (Lipinski definition) is 2. The Bertz CT molecular complexity index is 1350. The number of urea groups is 1. The molecule has 0 radical (unpaired) electrons. The van der Waals surface area contributed by atoms with E-state index in [1.807, 2.05) is 54.6 Å². The molecule has 2 N–H and O–H groups in total. The topological polar surface area (TPSA) is 94.6 Å². The highest BCUT2D eigenvalue weighted by molar-refractivity contribution is 7.83. The molecule has 0 bridgehead atoms. The third-order valence-corrected chi connectivity index (χ3v) is 10.4. The Morgan fingerprint density at radius 2 is 1.50 bits per heavy atom. The van der Waals surface area contributed by atoms with Gasteiger partial charge in [0.05, 0.1) is 24.9 Å². The Morgan fingerprint density at radius 1 is 1.00 bits per heavy atom. The van der Waals surface area contributed by atoms with Gasteiger partial charge in [0.15, 0.2) is 6.23 Å². The fourth-order valence-electron chi connectivity index (χ4n) is 5.60. The van der Waals surface area contributed by atoms with Crippen LogP contribution in [0, 0.1) is 0 Å². The van der Waals surface area contributed by atoms with Crippen molar-refractivity contribution in [2.75, 3.05) is 33.9 Å². The van der Waals surface area contributed by atoms with E-state index in [0.717, 1.165) is 16.7 Å². The maximum atomic E-state index is 13.4. The van der Waals surface area contributed by atoms with Crippen LogP contribution >= 0.6 is 18.1 Å². The SMILES string of the molecule is CC1=CN(C2COC(COP(=O)(Cl)N(C)C)CN2C(c2ccccc2)(c2ccccc2)c2ccccc2)C(=O)N[C@@H]1O. The number of aliphatic hydroxyl groups is 1. The number of halogens is 1. The summed E-state index contributed by atoms with van der Waals surface area (Å²) in [4.78, 5) is 17.2. The van der Waals surface area contributed by atoms with E-state index >= 15 is 0 Å². The van der Waals surface area contributed by atoms with E-state index < -0.39 is 36.9 Å². The number of amides is 2. The van der Waals surface area contributed by atoms with Crippen molar-refractivity contribution in [3.05, 3.63) is 119 Å². The number of carbonyl (C=O) groups is 1. The van der Waals surface area contributed by atoms with Crippen LogP contribution in [0.2, 0.25) is 0 Å². The highest BCUT2D eigenvalue weighted by Gasteiger charge is 2.50. The van der Waals surface area contributed by atoms with Crippen molar-refractivity contribution in [1.29, 1.82) is 0 Å². The number of aliphatic hydroxyl groups excluding tert-OH is 1. The monoisotopic (exact) mass is 610 g/mol. The van der Waals surface area contributed by atoms with Gasteiger partial charge in [-0.05, 0) is 54.5 Å². The number of morpholine rings is 1. The second kappa shape index (κ2) is 12.7. The predicted octanol–water partition coefficient (Wildman–Crippen LogP) is 5.18. The minimum atomic E-state index is -3.54. The van der Waals surface area contributed by atoms with Gasteiger partial charge in [-0.1, -0.05) is 91.0 Å². The van der Waals surface area contributed by atoms with Crippen LogP contribution in [0.3, 0.4) is 0 Å². The molecule has 3 unspecified atom stereocenters. The van der Waals surface area contributed by atoms with E-state index in [0.29, 0.717) is 12.1 Å². The van der Waals surface area contributed by atoms with Crippen molar-refractivity contribution >= 4 is 24.1 Å². The van der Waals surface area contributed by atoms with E-state index in [9.17, 15) is 14.5 Å². The lowest BCUT2D eigenvalue weighted by Gasteiger charge is -2.54. The van der Waals surface area contributed by atoms with Gasteiger partial charge < -0.3 is 19.7 Å². The van der Waals surface area contributed by atoms with Gasteiger partial charge in [-0.3, -0.25) is 14.4 Å². The van der Waals surface area contributed by atoms with Gasteiger partial charge in [0.25, 0.3) is 0 Å². The zero-order valence-electron chi connectivity index (χ0n) is 23.8. The Balaban J connectivity index is 1.71. The van der Waals surface area contributed by atoms with Crippen molar-refractivity contribution in [3.8, 4) is 0 Å². The average molecular weight is 611 g/mol. The molecule has 5 rings (SSSR count). The molecule has 0 spiro atoms. The number of ether oxygens (including phenoxy) is 1. The first-order valence-corrected chi connectivity index (χ1v) is 16.2. The molecule has 0 aromatic heterocycles. The molecule has 1 fully saturated rings. The summed E-state index contributed by atoms with van der Waals surface area (Å²) < 4.78 is 26.2. The van der Waals surface area contributed by atoms with Gasteiger partial charge in [-0.25, -0.2) is 9.46 Å². The van der Waals surface area contributed by atoms with Crippen LogP contribution in [-0.4, -0.2) is 78.0 Å². The Morgan fingerprint density at radius 3 is 1.98 bits per heavy atom. The third-order valence-electron chi connectivity index (χ3n) is 7.73. The highest BCUT2D eigenvalue weighted by Crippen LogP contribution is 2.54. The van der Waals surface area contributed by atoms with Gasteiger partial charge in [0.2, 0.25) is 0 Å². The molecule has 222 valence electrons. The minimum Gasteiger partial charge on any atom is -0.371 e. The van der Waals surface area contributed by atoms with Crippen molar-refractivity contribution < 1.29 is 23.7 Å². The molecular formula is C31H36ClN4O5P. The molecule has 9 nitrogen and oxygen atoms in total. The van der Waals surface area contributed by atoms with Crippen LogP contribution in [0.1, 0.15) is 23.6 Å². The summed E-state index contributed by atoms with van der Waals surface area (Å²) in [7, 11) is 3.20. The molecule has 42 heavy (non-hydrogen) atoms. The van der Waals surface area contributed by atoms with Crippen molar-refractivity contribution in [2.45, 2.75) is 31.0 Å². The van der Waals surface area contributed by atoms with E-state index in [-0.39, 0.29) is 13.2 Å². The second-order valence-electron chi connectivity index (χ2n) is 10.6. The highest BCUT2D eigenvalue weighted by atomic mass is 35.7. The zero-order valence-corrected chi connectivity index (χ0v) is 25.5. The van der Waals surface area contributed by atoms with Crippen molar-refractivity contribution in [2.24, 2.45) is 0 Å². The summed E-state index contributed by atoms with van der Waals surface area (Å²) in [6.45, 7) is -1.38. The number of benzene rings is 3. The predicted molar refractivity (Wildman–Crippen MR) is 163 cm³/mol. The molecule has 4 atom stereocenters. The number of nitrogens with zero attached hydrogens (tertiary/aromatic N) is 3. The molecule has 2 aliphatic rings.